The average molecular weight is 710 g/mol. The van der Waals surface area contributed by atoms with E-state index in [1.807, 2.05) is 0 Å². The second kappa shape index (κ2) is 13.0. The van der Waals surface area contributed by atoms with Crippen LogP contribution < -0.4 is 43.1 Å². The fourth-order valence-electron chi connectivity index (χ4n) is 9.01. The Bertz CT molecular complexity index is 3210. The van der Waals surface area contributed by atoms with Crippen LogP contribution >= 0.6 is 0 Å². The molecule has 56 heavy (non-hydrogen) atoms. The van der Waals surface area contributed by atoms with Gasteiger partial charge in [-0.15, -0.1) is 5.46 Å². The lowest BCUT2D eigenvalue weighted by molar-refractivity contribution is 0.672. The smallest absolute Gasteiger partial charge is 0.159 e. The van der Waals surface area contributed by atoms with Gasteiger partial charge in [0.1, 0.15) is 71.7 Å². The highest BCUT2D eigenvalue weighted by molar-refractivity contribution is 6.69. The molecule has 2 heterocycles. The zero-order valence-corrected chi connectivity index (χ0v) is 33.0. The first-order valence-corrected chi connectivity index (χ1v) is 19.5. The summed E-state index contributed by atoms with van der Waals surface area (Å²) >= 11 is 0. The molecule has 0 fully saturated rings. The maximum Gasteiger partial charge on any atom is 0.159 e. The highest BCUT2D eigenvalue weighted by atomic mass is 16.3. The fraction of sp³-hybridized carbons (Fsp3) is 0. The molecule has 10 aromatic rings. The number of furan rings is 2. The molecule has 0 saturated carbocycles. The summed E-state index contributed by atoms with van der Waals surface area (Å²) < 4.78 is 13.9. The van der Waals surface area contributed by atoms with Crippen LogP contribution in [-0.2, 0) is 0 Å². The molecule has 8 aromatic carbocycles. The van der Waals surface area contributed by atoms with E-state index in [0.29, 0.717) is 0 Å². The van der Waals surface area contributed by atoms with Gasteiger partial charge in [-0.25, -0.2) is 0 Å². The third-order valence-electron chi connectivity index (χ3n) is 12.7. The topological polar surface area (TPSA) is 29.5 Å². The van der Waals surface area contributed by atoms with Gasteiger partial charge in [0.2, 0.25) is 0 Å². The molecule has 0 saturated heterocycles. The van der Waals surface area contributed by atoms with Crippen LogP contribution in [-0.4, -0.2) is 54.9 Å². The number of benzene rings is 8. The van der Waals surface area contributed by atoms with Crippen LogP contribution in [0.5, 0.6) is 0 Å². The van der Waals surface area contributed by atoms with E-state index in [2.05, 4.69) is 193 Å². The number of hydrogen-bond acceptors (Lipinski definition) is 3. The number of rotatable bonds is 5. The summed E-state index contributed by atoms with van der Waals surface area (Å²) in [5.74, 6) is 0. The molecule has 0 amide bonds. The van der Waals surface area contributed by atoms with E-state index in [0.717, 1.165) is 66.7 Å². The Hall–Kier alpha value is -6.13. The van der Waals surface area contributed by atoms with Crippen LogP contribution in [0.1, 0.15) is 0 Å². The van der Waals surface area contributed by atoms with Gasteiger partial charge in [0, 0.05) is 43.9 Å². The lowest BCUT2D eigenvalue weighted by Gasteiger charge is -2.26. The molecule has 0 N–H and O–H groups in total. The number of para-hydroxylation sites is 1. The van der Waals surface area contributed by atoms with Crippen LogP contribution in [0.2, 0.25) is 0 Å². The Balaban J connectivity index is 1.18. The van der Waals surface area contributed by atoms with Crippen molar-refractivity contribution >= 4 is 165 Å². The summed E-state index contributed by atoms with van der Waals surface area (Å²) in [4.78, 5) is 2.33. The van der Waals surface area contributed by atoms with E-state index >= 15 is 0 Å². The Morgan fingerprint density at radius 3 is 1.59 bits per heavy atom. The lowest BCUT2D eigenvalue weighted by Crippen LogP contribution is -2.47. The molecule has 258 valence electrons. The standard InChI is InChI=1S/C46H36B7NO2/c47-36-33(45-34(37(48)39(36)50)35-38(49)40(51)41(52)42(53)46(35)56-45)26-15-20-28(21-16-26)54(27-18-13-24(14-19-27)23-7-2-1-3-8-23)32-12-6-11-30-31-22-17-25-9-4-5-10-29(25)43(31)55-44(30)32/h1-22H,47-53H2. The van der Waals surface area contributed by atoms with Crippen molar-refractivity contribution in [3.63, 3.8) is 0 Å². The fourth-order valence-corrected chi connectivity index (χ4v) is 9.01. The van der Waals surface area contributed by atoms with Crippen molar-refractivity contribution in [2.24, 2.45) is 0 Å². The maximum absolute atomic E-state index is 6.95. The first-order valence-electron chi connectivity index (χ1n) is 19.5. The monoisotopic (exact) mass is 711 g/mol. The third kappa shape index (κ3) is 5.08. The predicted molar refractivity (Wildman–Crippen MR) is 261 cm³/mol. The summed E-state index contributed by atoms with van der Waals surface area (Å²) in [6, 6.07) is 47.7. The zero-order valence-electron chi connectivity index (χ0n) is 33.0. The predicted octanol–water partition coefficient (Wildman–Crippen LogP) is 1.25. The Morgan fingerprint density at radius 2 is 0.875 bits per heavy atom. The molecule has 0 aliphatic carbocycles. The molecule has 0 unspecified atom stereocenters. The molecule has 0 aliphatic heterocycles. The van der Waals surface area contributed by atoms with Gasteiger partial charge in [0.05, 0.1) is 5.69 Å². The quantitative estimate of drug-likeness (QED) is 0.252. The third-order valence-corrected chi connectivity index (χ3v) is 12.7. The molecular weight excluding hydrogens is 674 g/mol. The molecule has 10 rings (SSSR count). The van der Waals surface area contributed by atoms with E-state index in [1.54, 1.807) is 0 Å². The van der Waals surface area contributed by atoms with Gasteiger partial charge in [0.15, 0.2) is 5.58 Å². The number of hydrogen-bond donors (Lipinski definition) is 0. The second-order valence-corrected chi connectivity index (χ2v) is 15.5. The van der Waals surface area contributed by atoms with Crippen LogP contribution in [0.15, 0.2) is 142 Å². The molecule has 2 aromatic heterocycles. The Kier molecular flexibility index (Phi) is 7.97. The summed E-state index contributed by atoms with van der Waals surface area (Å²) in [6.07, 6.45) is 0. The normalized spacial score (nSPS) is 11.7. The van der Waals surface area contributed by atoms with Crippen LogP contribution in [0, 0.1) is 0 Å². The van der Waals surface area contributed by atoms with Crippen LogP contribution in [0.4, 0.5) is 17.1 Å². The van der Waals surface area contributed by atoms with Crippen molar-refractivity contribution in [1.29, 1.82) is 0 Å². The lowest BCUT2D eigenvalue weighted by atomic mass is 9.64. The summed E-state index contributed by atoms with van der Waals surface area (Å²) in [5.41, 5.74) is 20.5. The van der Waals surface area contributed by atoms with Crippen molar-refractivity contribution in [2.45, 2.75) is 0 Å². The van der Waals surface area contributed by atoms with Crippen LogP contribution in [0.25, 0.3) is 76.9 Å². The minimum absolute atomic E-state index is 0.861. The van der Waals surface area contributed by atoms with E-state index in [-0.39, 0.29) is 0 Å². The van der Waals surface area contributed by atoms with Crippen molar-refractivity contribution in [2.75, 3.05) is 4.90 Å². The van der Waals surface area contributed by atoms with Crippen molar-refractivity contribution in [1.82, 2.24) is 0 Å². The minimum atomic E-state index is 0.861. The second-order valence-electron chi connectivity index (χ2n) is 15.5. The van der Waals surface area contributed by atoms with Crippen molar-refractivity contribution < 1.29 is 8.83 Å². The van der Waals surface area contributed by atoms with E-state index in [1.165, 1.54) is 65.5 Å². The SMILES string of the molecule is Bc1c(B)c(B)c2c(oc3c(-c4ccc(N(c5ccc(-c6ccccc6)cc5)c5cccc6c5oc5c7ccccc7ccc65)cc4)c(B)c(B)c(B)c32)c1B. The highest BCUT2D eigenvalue weighted by Crippen LogP contribution is 2.44. The highest BCUT2D eigenvalue weighted by Gasteiger charge is 2.24. The molecule has 0 atom stereocenters. The minimum Gasteiger partial charge on any atom is -0.456 e. The first kappa shape index (κ1) is 34.4. The molecule has 10 heteroatoms. The van der Waals surface area contributed by atoms with Crippen molar-refractivity contribution in [3.05, 3.63) is 133 Å². The molecule has 0 aliphatic rings. The maximum atomic E-state index is 6.95. The van der Waals surface area contributed by atoms with Gasteiger partial charge in [-0.2, -0.15) is 0 Å². The summed E-state index contributed by atoms with van der Waals surface area (Å²) in [5, 5.41) is 6.98. The molecule has 0 bridgehead atoms. The first-order chi connectivity index (χ1) is 27.2. The average Bonchev–Trinajstić information content (AvgIpc) is 3.83. The largest absolute Gasteiger partial charge is 0.456 e. The van der Waals surface area contributed by atoms with E-state index in [9.17, 15) is 0 Å². The van der Waals surface area contributed by atoms with Gasteiger partial charge in [-0.3, -0.25) is 0 Å². The number of anilines is 3. The molecular formula is C46H36B7NO2. The molecule has 0 radical (unpaired) electrons. The van der Waals surface area contributed by atoms with E-state index < -0.39 is 0 Å². The van der Waals surface area contributed by atoms with E-state index in [4.69, 9.17) is 8.83 Å². The summed E-state index contributed by atoms with van der Waals surface area (Å²) in [7, 11) is 15.6. The van der Waals surface area contributed by atoms with Gasteiger partial charge in [-0.1, -0.05) is 130 Å². The number of fused-ring (bicyclic) bond motifs is 8. The van der Waals surface area contributed by atoms with Crippen LogP contribution in [0.3, 0.4) is 0 Å². The molecule has 3 nitrogen and oxygen atoms in total. The van der Waals surface area contributed by atoms with Gasteiger partial charge in [0.25, 0.3) is 0 Å². The van der Waals surface area contributed by atoms with Gasteiger partial charge >= 0.3 is 0 Å². The van der Waals surface area contributed by atoms with Gasteiger partial charge in [-0.05, 0) is 58.5 Å². The summed E-state index contributed by atoms with van der Waals surface area (Å²) in [6.45, 7) is 0. The number of nitrogens with zero attached hydrogens (tertiary/aromatic N) is 1. The zero-order chi connectivity index (χ0) is 38.4. The van der Waals surface area contributed by atoms with Crippen molar-refractivity contribution in [3.8, 4) is 22.3 Å². The van der Waals surface area contributed by atoms with Gasteiger partial charge < -0.3 is 13.7 Å². The Morgan fingerprint density at radius 1 is 0.339 bits per heavy atom. The molecule has 0 spiro atoms. The Labute approximate surface area is 332 Å².